The molecule has 6 heteroatoms. The van der Waals surface area contributed by atoms with E-state index in [9.17, 15) is 19.5 Å². The van der Waals surface area contributed by atoms with Crippen LogP contribution in [-0.4, -0.2) is 22.6 Å². The first-order valence-electron chi connectivity index (χ1n) is 8.42. The Hall–Kier alpha value is -2.73. The van der Waals surface area contributed by atoms with Crippen molar-refractivity contribution < 1.29 is 19.5 Å². The molecule has 1 aliphatic carbocycles. The van der Waals surface area contributed by atoms with Crippen LogP contribution in [0.1, 0.15) is 29.7 Å². The second-order valence-electron chi connectivity index (χ2n) is 6.20. The first-order chi connectivity index (χ1) is 12.5. The number of aliphatic hydroxyl groups excluding tert-OH is 1. The first kappa shape index (κ1) is 18.1. The number of anilines is 1. The molecule has 134 valence electrons. The molecule has 2 aromatic rings. The zero-order valence-corrected chi connectivity index (χ0v) is 15.0. The summed E-state index contributed by atoms with van der Waals surface area (Å²) in [6.07, 6.45) is 1.64. The molecule has 2 N–H and O–H groups in total. The number of amides is 1. The molecule has 0 radical (unpaired) electrons. The van der Waals surface area contributed by atoms with E-state index in [1.54, 1.807) is 24.3 Å². The van der Waals surface area contributed by atoms with Crippen molar-refractivity contribution in [2.45, 2.75) is 32.1 Å². The number of carbonyl (C=O) groups excluding carboxylic acids is 3. The average Bonchev–Trinajstić information content (AvgIpc) is 3.09. The molecular formula is C20H19NO4S. The third-order valence-electron chi connectivity index (χ3n) is 4.18. The Labute approximate surface area is 155 Å². The fraction of sp³-hybridized carbons (Fsp3) is 0.250. The number of aliphatic hydroxyl groups is 1. The summed E-state index contributed by atoms with van der Waals surface area (Å²) in [5, 5.41) is 14.6. The Morgan fingerprint density at radius 3 is 2.50 bits per heavy atom. The van der Waals surface area contributed by atoms with Gasteiger partial charge in [-0.1, -0.05) is 18.2 Å². The molecule has 0 unspecified atom stereocenters. The molecule has 0 saturated carbocycles. The highest BCUT2D eigenvalue weighted by Crippen LogP contribution is 2.22. The zero-order valence-electron chi connectivity index (χ0n) is 14.2. The predicted molar refractivity (Wildman–Crippen MR) is 100 cm³/mol. The molecule has 1 aromatic heterocycles. The van der Waals surface area contributed by atoms with E-state index in [1.807, 2.05) is 17.5 Å². The Morgan fingerprint density at radius 1 is 1.08 bits per heavy atom. The van der Waals surface area contributed by atoms with E-state index in [-0.39, 0.29) is 35.2 Å². The molecular weight excluding hydrogens is 350 g/mol. The molecule has 0 spiro atoms. The van der Waals surface area contributed by atoms with Crippen LogP contribution in [0.25, 0.3) is 0 Å². The van der Waals surface area contributed by atoms with Crippen LogP contribution in [0.3, 0.4) is 0 Å². The minimum atomic E-state index is -0.360. The number of Topliss-reactive ketones (excluding diaryl/α,β-unsaturated/α-hetero) is 2. The summed E-state index contributed by atoms with van der Waals surface area (Å²) in [7, 11) is 0. The lowest BCUT2D eigenvalue weighted by Gasteiger charge is -2.14. The topological polar surface area (TPSA) is 83.5 Å². The van der Waals surface area contributed by atoms with E-state index in [2.05, 4.69) is 5.32 Å². The maximum atomic E-state index is 12.3. The minimum Gasteiger partial charge on any atom is -0.511 e. The van der Waals surface area contributed by atoms with Gasteiger partial charge in [0.1, 0.15) is 5.76 Å². The Kier molecular flexibility index (Phi) is 5.63. The van der Waals surface area contributed by atoms with E-state index < -0.39 is 0 Å². The van der Waals surface area contributed by atoms with Gasteiger partial charge in [-0.15, -0.1) is 11.3 Å². The fourth-order valence-electron chi connectivity index (χ4n) is 2.90. The summed E-state index contributed by atoms with van der Waals surface area (Å²) in [5.74, 6) is -0.833. The Morgan fingerprint density at radius 2 is 1.85 bits per heavy atom. The third-order valence-corrected chi connectivity index (χ3v) is 5.06. The lowest BCUT2D eigenvalue weighted by Crippen LogP contribution is -2.20. The third kappa shape index (κ3) is 4.46. The second kappa shape index (κ2) is 8.10. The van der Waals surface area contributed by atoms with Gasteiger partial charge < -0.3 is 10.4 Å². The molecule has 26 heavy (non-hydrogen) atoms. The van der Waals surface area contributed by atoms with Crippen molar-refractivity contribution in [3.63, 3.8) is 0 Å². The van der Waals surface area contributed by atoms with E-state index in [0.717, 1.165) is 10.4 Å². The molecule has 1 heterocycles. The van der Waals surface area contributed by atoms with Crippen LogP contribution in [0.2, 0.25) is 0 Å². The van der Waals surface area contributed by atoms with Gasteiger partial charge in [0.15, 0.2) is 11.6 Å². The number of rotatable bonds is 6. The summed E-state index contributed by atoms with van der Waals surface area (Å²) in [5.41, 5.74) is 1.33. The smallest absolute Gasteiger partial charge is 0.229 e. The van der Waals surface area contributed by atoms with Crippen LogP contribution in [0.5, 0.6) is 0 Å². The Bertz CT molecular complexity index is 850. The number of hydrogen-bond donors (Lipinski definition) is 2. The number of thiophene rings is 1. The van der Waals surface area contributed by atoms with Gasteiger partial charge >= 0.3 is 0 Å². The molecule has 1 aromatic carbocycles. The lowest BCUT2D eigenvalue weighted by atomic mass is 9.91. The molecule has 0 aliphatic heterocycles. The monoisotopic (exact) mass is 369 g/mol. The summed E-state index contributed by atoms with van der Waals surface area (Å²) >= 11 is 1.53. The normalized spacial score (nSPS) is 14.4. The van der Waals surface area contributed by atoms with Crippen LogP contribution in [0, 0.1) is 0 Å². The highest BCUT2D eigenvalue weighted by atomic mass is 32.1. The first-order valence-corrected chi connectivity index (χ1v) is 9.30. The molecule has 0 atom stereocenters. The predicted octanol–water partition coefficient (Wildman–Crippen LogP) is 3.61. The quantitative estimate of drug-likeness (QED) is 0.762. The molecule has 5 nitrogen and oxygen atoms in total. The van der Waals surface area contributed by atoms with E-state index >= 15 is 0 Å². The van der Waals surface area contributed by atoms with Crippen molar-refractivity contribution >= 4 is 34.5 Å². The number of carbonyl (C=O) groups is 3. The zero-order chi connectivity index (χ0) is 18.5. The standard InChI is InChI=1S/C20H19NO4S/c22-16-4-1-5-17(23)20(16)18(24)11-13-6-8-14(9-7-13)21-19(25)12-15-3-2-10-26-15/h2-3,6-10,22H,1,4-5,11-12H2,(H,21,25). The fourth-order valence-corrected chi connectivity index (χ4v) is 3.60. The summed E-state index contributed by atoms with van der Waals surface area (Å²) in [4.78, 5) is 37.2. The average molecular weight is 369 g/mol. The number of nitrogens with one attached hydrogen (secondary N) is 1. The van der Waals surface area contributed by atoms with Crippen LogP contribution >= 0.6 is 11.3 Å². The second-order valence-corrected chi connectivity index (χ2v) is 7.23. The Balaban J connectivity index is 1.60. The molecule has 3 rings (SSSR count). The molecule has 0 fully saturated rings. The minimum absolute atomic E-state index is 0.0502. The van der Waals surface area contributed by atoms with Crippen LogP contribution in [-0.2, 0) is 27.2 Å². The van der Waals surface area contributed by atoms with Crippen molar-refractivity contribution in [1.29, 1.82) is 0 Å². The molecule has 1 aliphatic rings. The molecule has 0 saturated heterocycles. The lowest BCUT2D eigenvalue weighted by molar-refractivity contribution is -0.122. The highest BCUT2D eigenvalue weighted by molar-refractivity contribution is 7.10. The maximum absolute atomic E-state index is 12.3. The van der Waals surface area contributed by atoms with Gasteiger partial charge in [0, 0.05) is 29.8 Å². The highest BCUT2D eigenvalue weighted by Gasteiger charge is 2.26. The molecule has 0 bridgehead atoms. The molecule has 1 amide bonds. The summed E-state index contributed by atoms with van der Waals surface area (Å²) in [6.45, 7) is 0. The maximum Gasteiger partial charge on any atom is 0.229 e. The van der Waals surface area contributed by atoms with Crippen molar-refractivity contribution in [1.82, 2.24) is 0 Å². The number of benzene rings is 1. The van der Waals surface area contributed by atoms with Crippen molar-refractivity contribution in [3.05, 3.63) is 63.6 Å². The number of ketones is 2. The van der Waals surface area contributed by atoms with Gasteiger partial charge in [-0.2, -0.15) is 0 Å². The van der Waals surface area contributed by atoms with Gasteiger partial charge in [0.25, 0.3) is 0 Å². The van der Waals surface area contributed by atoms with Gasteiger partial charge in [-0.05, 0) is 35.6 Å². The van der Waals surface area contributed by atoms with Crippen molar-refractivity contribution in [2.75, 3.05) is 5.32 Å². The van der Waals surface area contributed by atoms with Gasteiger partial charge in [0.2, 0.25) is 5.91 Å². The van der Waals surface area contributed by atoms with Crippen LogP contribution in [0.15, 0.2) is 53.1 Å². The van der Waals surface area contributed by atoms with Crippen molar-refractivity contribution in [3.8, 4) is 0 Å². The summed E-state index contributed by atoms with van der Waals surface area (Å²) < 4.78 is 0. The van der Waals surface area contributed by atoms with E-state index in [0.29, 0.717) is 31.4 Å². The van der Waals surface area contributed by atoms with Crippen LogP contribution in [0.4, 0.5) is 5.69 Å². The number of allylic oxidation sites excluding steroid dienone is 2. The van der Waals surface area contributed by atoms with E-state index in [4.69, 9.17) is 0 Å². The van der Waals surface area contributed by atoms with Gasteiger partial charge in [-0.25, -0.2) is 0 Å². The van der Waals surface area contributed by atoms with Gasteiger partial charge in [-0.3, -0.25) is 14.4 Å². The van der Waals surface area contributed by atoms with Crippen molar-refractivity contribution in [2.24, 2.45) is 0 Å². The number of hydrogen-bond acceptors (Lipinski definition) is 5. The summed E-state index contributed by atoms with van der Waals surface area (Å²) in [6, 6.07) is 10.8. The van der Waals surface area contributed by atoms with E-state index in [1.165, 1.54) is 11.3 Å². The van der Waals surface area contributed by atoms with Crippen LogP contribution < -0.4 is 5.32 Å². The van der Waals surface area contributed by atoms with Gasteiger partial charge in [0.05, 0.1) is 12.0 Å². The largest absolute Gasteiger partial charge is 0.511 e. The SMILES string of the molecule is O=C(Cc1cccs1)Nc1ccc(CC(=O)C2=C(O)CCCC2=O)cc1.